The van der Waals surface area contributed by atoms with Gasteiger partial charge in [-0.1, -0.05) is 74.5 Å². The van der Waals surface area contributed by atoms with Crippen LogP contribution in [0.15, 0.2) is 73.1 Å². The molecular formula is C29H35N5O2. The number of piperidine rings is 1. The number of aromatic nitrogens is 4. The van der Waals surface area contributed by atoms with Crippen LogP contribution in [-0.4, -0.2) is 57.1 Å². The van der Waals surface area contributed by atoms with Gasteiger partial charge in [0, 0.05) is 25.2 Å². The number of likely N-dealkylation sites (tertiary alicyclic amines) is 1. The van der Waals surface area contributed by atoms with Crippen LogP contribution in [-0.2, 0) is 4.74 Å². The van der Waals surface area contributed by atoms with Crippen LogP contribution in [0.25, 0.3) is 5.65 Å². The zero-order valence-electron chi connectivity index (χ0n) is 21.2. The lowest BCUT2D eigenvalue weighted by Crippen LogP contribution is -2.38. The minimum absolute atomic E-state index is 0.0256. The van der Waals surface area contributed by atoms with Gasteiger partial charge in [0.2, 0.25) is 5.88 Å². The Morgan fingerprint density at radius 1 is 0.944 bits per heavy atom. The van der Waals surface area contributed by atoms with Gasteiger partial charge in [-0.2, -0.15) is 0 Å². The molecule has 1 aliphatic rings. The second kappa shape index (κ2) is 11.6. The molecule has 0 amide bonds. The first-order chi connectivity index (χ1) is 17.7. The zero-order valence-corrected chi connectivity index (χ0v) is 21.2. The average molecular weight is 486 g/mol. The van der Waals surface area contributed by atoms with Crippen LogP contribution in [0.5, 0.6) is 5.88 Å². The quantitative estimate of drug-likeness (QED) is 0.285. The van der Waals surface area contributed by atoms with Gasteiger partial charge >= 0.3 is 0 Å². The van der Waals surface area contributed by atoms with E-state index in [2.05, 4.69) is 94.6 Å². The number of benzene rings is 2. The highest BCUT2D eigenvalue weighted by molar-refractivity contribution is 5.43. The van der Waals surface area contributed by atoms with Crippen molar-refractivity contribution in [2.24, 2.45) is 0 Å². The smallest absolute Gasteiger partial charge is 0.237 e. The predicted octanol–water partition coefficient (Wildman–Crippen LogP) is 5.29. The van der Waals surface area contributed by atoms with Crippen LogP contribution in [0.4, 0.5) is 0 Å². The fourth-order valence-corrected chi connectivity index (χ4v) is 4.81. The molecule has 7 nitrogen and oxygen atoms in total. The van der Waals surface area contributed by atoms with Crippen molar-refractivity contribution in [3.63, 3.8) is 0 Å². The monoisotopic (exact) mass is 485 g/mol. The van der Waals surface area contributed by atoms with Crippen LogP contribution in [0.3, 0.4) is 0 Å². The van der Waals surface area contributed by atoms with Gasteiger partial charge in [-0.05, 0) is 42.4 Å². The molecule has 0 radical (unpaired) electrons. The molecule has 5 rings (SSSR count). The van der Waals surface area contributed by atoms with Crippen molar-refractivity contribution in [1.29, 1.82) is 0 Å². The highest BCUT2D eigenvalue weighted by atomic mass is 16.5. The van der Waals surface area contributed by atoms with Gasteiger partial charge in [0.05, 0.1) is 12.7 Å². The molecule has 188 valence electrons. The SMILES string of the molecule is CC(C)c1cc2ncnn2nc1OCCCN1CCC(OC(c2ccccc2)c2ccccc2)CC1. The second-order valence-corrected chi connectivity index (χ2v) is 9.75. The number of hydrogen-bond donors (Lipinski definition) is 0. The molecule has 0 aliphatic carbocycles. The molecule has 4 aromatic rings. The normalized spacial score (nSPS) is 15.2. The Balaban J connectivity index is 1.11. The van der Waals surface area contributed by atoms with E-state index < -0.39 is 0 Å². The maximum Gasteiger partial charge on any atom is 0.237 e. The van der Waals surface area contributed by atoms with Gasteiger partial charge in [-0.15, -0.1) is 14.8 Å². The van der Waals surface area contributed by atoms with Crippen molar-refractivity contribution in [2.45, 2.75) is 51.2 Å². The first kappa shape index (κ1) is 24.4. The Labute approximate surface area is 213 Å². The lowest BCUT2D eigenvalue weighted by molar-refractivity contribution is -0.0273. The molecule has 1 aliphatic heterocycles. The predicted molar refractivity (Wildman–Crippen MR) is 140 cm³/mol. The summed E-state index contributed by atoms with van der Waals surface area (Å²) in [6.07, 6.45) is 4.79. The van der Waals surface area contributed by atoms with Crippen LogP contribution in [0.2, 0.25) is 0 Å². The summed E-state index contributed by atoms with van der Waals surface area (Å²) >= 11 is 0. The summed E-state index contributed by atoms with van der Waals surface area (Å²) in [5.41, 5.74) is 4.24. The van der Waals surface area contributed by atoms with E-state index in [9.17, 15) is 0 Å². The Hall–Kier alpha value is -3.29. The number of fused-ring (bicyclic) bond motifs is 1. The number of rotatable bonds is 10. The molecule has 0 saturated carbocycles. The fraction of sp³-hybridized carbons (Fsp3) is 0.414. The first-order valence-corrected chi connectivity index (χ1v) is 13.0. The fourth-order valence-electron chi connectivity index (χ4n) is 4.81. The minimum Gasteiger partial charge on any atom is -0.476 e. The third kappa shape index (κ3) is 5.91. The lowest BCUT2D eigenvalue weighted by Gasteiger charge is -2.34. The summed E-state index contributed by atoms with van der Waals surface area (Å²) in [7, 11) is 0. The van der Waals surface area contributed by atoms with Gasteiger partial charge in [-0.25, -0.2) is 4.98 Å². The summed E-state index contributed by atoms with van der Waals surface area (Å²) in [6, 6.07) is 23.1. The number of hydrogen-bond acceptors (Lipinski definition) is 6. The minimum atomic E-state index is -0.0256. The Bertz CT molecular complexity index is 1180. The van der Waals surface area contributed by atoms with Gasteiger partial charge in [0.15, 0.2) is 5.65 Å². The molecule has 1 saturated heterocycles. The molecule has 0 unspecified atom stereocenters. The molecule has 1 fully saturated rings. The maximum absolute atomic E-state index is 6.69. The standard InChI is InChI=1S/C29H35N5O2/c1-22(2)26-20-27-30-21-31-34(27)32-29(26)35-19-9-16-33-17-14-25(15-18-33)36-28(23-10-5-3-6-11-23)24-12-7-4-8-13-24/h3-8,10-13,20-22,25,28H,9,14-19H2,1-2H3. The Morgan fingerprint density at radius 2 is 1.61 bits per heavy atom. The summed E-state index contributed by atoms with van der Waals surface area (Å²) in [6.45, 7) is 8.01. The van der Waals surface area contributed by atoms with E-state index in [1.807, 2.05) is 6.07 Å². The number of ether oxygens (including phenoxy) is 2. The van der Waals surface area contributed by atoms with Crippen molar-refractivity contribution in [2.75, 3.05) is 26.2 Å². The van der Waals surface area contributed by atoms with Crippen molar-refractivity contribution in [3.8, 4) is 5.88 Å². The highest BCUT2D eigenvalue weighted by Gasteiger charge is 2.24. The molecule has 7 heteroatoms. The van der Waals surface area contributed by atoms with Crippen LogP contribution in [0.1, 0.15) is 61.8 Å². The van der Waals surface area contributed by atoms with Crippen molar-refractivity contribution in [3.05, 3.63) is 89.7 Å². The first-order valence-electron chi connectivity index (χ1n) is 13.0. The van der Waals surface area contributed by atoms with Gasteiger partial charge in [0.25, 0.3) is 0 Å². The van der Waals surface area contributed by atoms with E-state index in [1.54, 1.807) is 0 Å². The van der Waals surface area contributed by atoms with Crippen molar-refractivity contribution in [1.82, 2.24) is 24.7 Å². The summed E-state index contributed by atoms with van der Waals surface area (Å²) in [4.78, 5) is 6.75. The Kier molecular flexibility index (Phi) is 7.88. The number of nitrogens with zero attached hydrogens (tertiary/aromatic N) is 5. The van der Waals surface area contributed by atoms with E-state index >= 15 is 0 Å². The molecule has 0 bridgehead atoms. The molecule has 36 heavy (non-hydrogen) atoms. The molecule has 2 aromatic carbocycles. The summed E-state index contributed by atoms with van der Waals surface area (Å²) in [5.74, 6) is 0.965. The summed E-state index contributed by atoms with van der Waals surface area (Å²) < 4.78 is 14.3. The van der Waals surface area contributed by atoms with E-state index in [0.29, 0.717) is 18.4 Å². The largest absolute Gasteiger partial charge is 0.476 e. The molecule has 2 aromatic heterocycles. The molecular weight excluding hydrogens is 450 g/mol. The van der Waals surface area contributed by atoms with E-state index in [1.165, 1.54) is 22.1 Å². The van der Waals surface area contributed by atoms with Gasteiger partial charge in [0.1, 0.15) is 12.4 Å². The van der Waals surface area contributed by atoms with E-state index in [4.69, 9.17) is 9.47 Å². The van der Waals surface area contributed by atoms with Crippen LogP contribution < -0.4 is 4.74 Å². The van der Waals surface area contributed by atoms with Crippen molar-refractivity contribution < 1.29 is 9.47 Å². The third-order valence-corrected chi connectivity index (χ3v) is 6.82. The van der Waals surface area contributed by atoms with Gasteiger partial charge < -0.3 is 14.4 Å². The van der Waals surface area contributed by atoms with E-state index in [-0.39, 0.29) is 12.2 Å². The van der Waals surface area contributed by atoms with Crippen molar-refractivity contribution >= 4 is 5.65 Å². The van der Waals surface area contributed by atoms with Gasteiger partial charge in [-0.3, -0.25) is 0 Å². The lowest BCUT2D eigenvalue weighted by atomic mass is 10.00. The molecule has 0 atom stereocenters. The average Bonchev–Trinajstić information content (AvgIpc) is 3.38. The molecule has 3 heterocycles. The topological polar surface area (TPSA) is 64.8 Å². The Morgan fingerprint density at radius 3 is 2.25 bits per heavy atom. The third-order valence-electron chi connectivity index (χ3n) is 6.82. The second-order valence-electron chi connectivity index (χ2n) is 9.75. The zero-order chi connectivity index (χ0) is 24.7. The van der Waals surface area contributed by atoms with E-state index in [0.717, 1.165) is 50.1 Å². The molecule has 0 N–H and O–H groups in total. The maximum atomic E-state index is 6.69. The van der Waals surface area contributed by atoms with Crippen LogP contribution in [0, 0.1) is 0 Å². The highest BCUT2D eigenvalue weighted by Crippen LogP contribution is 2.30. The summed E-state index contributed by atoms with van der Waals surface area (Å²) in [5, 5.41) is 8.66. The van der Waals surface area contributed by atoms with Crippen LogP contribution >= 0.6 is 0 Å². The molecule has 0 spiro atoms.